The molecule has 1 N–H and O–H groups in total. The molecule has 3 aromatic heterocycles. The highest BCUT2D eigenvalue weighted by molar-refractivity contribution is 7.91. The van der Waals surface area contributed by atoms with E-state index in [-0.39, 0.29) is 12.0 Å². The molecule has 1 aliphatic carbocycles. The Balaban J connectivity index is 1.55. The lowest BCUT2D eigenvalue weighted by Crippen LogP contribution is -2.32. The Bertz CT molecular complexity index is 1070. The van der Waals surface area contributed by atoms with E-state index in [2.05, 4.69) is 20.9 Å². The lowest BCUT2D eigenvalue weighted by atomic mass is 9.96. The largest absolute Gasteiger partial charge is 0.250 e. The second kappa shape index (κ2) is 7.03. The fraction of sp³-hybridized carbons (Fsp3) is 0.263. The molecule has 0 amide bonds. The van der Waals surface area contributed by atoms with E-state index < -0.39 is 10.0 Å². The number of hydrogen-bond acceptors (Lipinski definition) is 5. The second-order valence-corrected chi connectivity index (χ2v) is 9.46. The molecular weight excluding hydrogens is 380 g/mol. The van der Waals surface area contributed by atoms with Gasteiger partial charge in [0.1, 0.15) is 4.21 Å². The average Bonchev–Trinajstić information content (AvgIpc) is 3.37. The molecular formula is C19H20N4O2S2. The third kappa shape index (κ3) is 3.47. The number of thiophene rings is 1. The lowest BCUT2D eigenvalue weighted by molar-refractivity contribution is 0.565. The minimum Gasteiger partial charge on any atom is -0.237 e. The minimum atomic E-state index is -3.48. The molecule has 0 unspecified atom stereocenters. The molecule has 0 spiro atoms. The molecule has 0 aromatic carbocycles. The molecule has 2 atom stereocenters. The molecule has 0 aliphatic heterocycles. The van der Waals surface area contributed by atoms with Gasteiger partial charge in [0.2, 0.25) is 0 Å². The monoisotopic (exact) mass is 400 g/mol. The van der Waals surface area contributed by atoms with Crippen molar-refractivity contribution in [3.8, 4) is 5.82 Å². The number of rotatable bonds is 5. The number of hydrogen-bond donors (Lipinski definition) is 1. The first-order chi connectivity index (χ1) is 13.0. The number of aromatic nitrogens is 3. The van der Waals surface area contributed by atoms with Gasteiger partial charge in [0.25, 0.3) is 10.0 Å². The van der Waals surface area contributed by atoms with Gasteiger partial charge in [-0.3, -0.25) is 0 Å². The van der Waals surface area contributed by atoms with Gasteiger partial charge in [-0.1, -0.05) is 24.3 Å². The average molecular weight is 401 g/mol. The first-order valence-electron chi connectivity index (χ1n) is 8.67. The zero-order valence-corrected chi connectivity index (χ0v) is 16.7. The van der Waals surface area contributed by atoms with Crippen molar-refractivity contribution in [2.45, 2.75) is 36.4 Å². The predicted molar refractivity (Wildman–Crippen MR) is 106 cm³/mol. The topological polar surface area (TPSA) is 76.9 Å². The van der Waals surface area contributed by atoms with Gasteiger partial charge < -0.3 is 0 Å². The van der Waals surface area contributed by atoms with Crippen molar-refractivity contribution in [1.82, 2.24) is 19.5 Å². The fourth-order valence-corrected chi connectivity index (χ4v) is 5.78. The Labute approximate surface area is 162 Å². The highest BCUT2D eigenvalue weighted by Crippen LogP contribution is 2.34. The van der Waals surface area contributed by atoms with Crippen molar-refractivity contribution in [1.29, 1.82) is 0 Å². The number of nitrogens with one attached hydrogen (secondary N) is 1. The van der Waals surface area contributed by atoms with Gasteiger partial charge in [-0.25, -0.2) is 22.8 Å². The van der Waals surface area contributed by atoms with E-state index in [4.69, 9.17) is 0 Å². The summed E-state index contributed by atoms with van der Waals surface area (Å²) < 4.78 is 29.9. The summed E-state index contributed by atoms with van der Waals surface area (Å²) in [6.07, 6.45) is 6.44. The van der Waals surface area contributed by atoms with Crippen LogP contribution in [0.1, 0.15) is 29.3 Å². The minimum absolute atomic E-state index is 0.124. The number of allylic oxidation sites excluding steroid dienone is 1. The van der Waals surface area contributed by atoms with Crippen LogP contribution < -0.4 is 4.72 Å². The van der Waals surface area contributed by atoms with Crippen LogP contribution in [0, 0.1) is 13.8 Å². The molecule has 140 valence electrons. The van der Waals surface area contributed by atoms with E-state index in [1.165, 1.54) is 11.3 Å². The van der Waals surface area contributed by atoms with Crippen molar-refractivity contribution in [3.05, 3.63) is 71.0 Å². The van der Waals surface area contributed by atoms with E-state index in [0.717, 1.165) is 22.8 Å². The van der Waals surface area contributed by atoms with E-state index in [1.54, 1.807) is 23.7 Å². The maximum Gasteiger partial charge on any atom is 0.250 e. The maximum atomic E-state index is 12.5. The van der Waals surface area contributed by atoms with E-state index in [9.17, 15) is 8.42 Å². The highest BCUT2D eigenvalue weighted by atomic mass is 32.2. The van der Waals surface area contributed by atoms with Crippen LogP contribution in [0.4, 0.5) is 0 Å². The van der Waals surface area contributed by atoms with E-state index in [1.807, 2.05) is 42.8 Å². The summed E-state index contributed by atoms with van der Waals surface area (Å²) in [6, 6.07) is 8.87. The van der Waals surface area contributed by atoms with Crippen LogP contribution in [-0.4, -0.2) is 29.2 Å². The first kappa shape index (κ1) is 18.1. The van der Waals surface area contributed by atoms with Gasteiger partial charge in [-0.05, 0) is 43.8 Å². The Kier molecular flexibility index (Phi) is 4.71. The quantitative estimate of drug-likeness (QED) is 0.667. The van der Waals surface area contributed by atoms with Crippen molar-refractivity contribution < 1.29 is 8.42 Å². The Morgan fingerprint density at radius 3 is 2.74 bits per heavy atom. The molecule has 0 bridgehead atoms. The first-order valence-corrected chi connectivity index (χ1v) is 11.0. The summed E-state index contributed by atoms with van der Waals surface area (Å²) in [5.41, 5.74) is 3.10. The van der Waals surface area contributed by atoms with Crippen molar-refractivity contribution in [3.63, 3.8) is 0 Å². The molecule has 3 heterocycles. The molecule has 3 aromatic rings. The smallest absolute Gasteiger partial charge is 0.237 e. The Morgan fingerprint density at radius 2 is 2.04 bits per heavy atom. The number of nitrogens with zero attached hydrogens (tertiary/aromatic N) is 3. The van der Waals surface area contributed by atoms with Gasteiger partial charge in [0, 0.05) is 29.4 Å². The molecule has 6 nitrogen and oxygen atoms in total. The van der Waals surface area contributed by atoms with Crippen LogP contribution in [0.25, 0.3) is 5.82 Å². The number of sulfonamides is 1. The highest BCUT2D eigenvalue weighted by Gasteiger charge is 2.29. The van der Waals surface area contributed by atoms with Crippen molar-refractivity contribution >= 4 is 21.4 Å². The SMILES string of the molecule is Cc1nn(-c2ccccn2)c(C)c1[C@@H]1C=C[C@@H](NS(=O)(=O)c2cccs2)C1. The second-order valence-electron chi connectivity index (χ2n) is 6.57. The van der Waals surface area contributed by atoms with Crippen LogP contribution in [0.2, 0.25) is 0 Å². The van der Waals surface area contributed by atoms with Crippen LogP contribution >= 0.6 is 11.3 Å². The molecule has 0 saturated carbocycles. The van der Waals surface area contributed by atoms with Gasteiger partial charge in [0.05, 0.1) is 5.69 Å². The summed E-state index contributed by atoms with van der Waals surface area (Å²) >= 11 is 1.22. The van der Waals surface area contributed by atoms with E-state index >= 15 is 0 Å². The van der Waals surface area contributed by atoms with Gasteiger partial charge in [0.15, 0.2) is 5.82 Å². The summed E-state index contributed by atoms with van der Waals surface area (Å²) in [7, 11) is -3.48. The molecule has 0 saturated heterocycles. The number of pyridine rings is 1. The zero-order valence-electron chi connectivity index (χ0n) is 15.0. The Morgan fingerprint density at radius 1 is 1.19 bits per heavy atom. The van der Waals surface area contributed by atoms with Gasteiger partial charge >= 0.3 is 0 Å². The van der Waals surface area contributed by atoms with Crippen LogP contribution in [0.15, 0.2) is 58.3 Å². The van der Waals surface area contributed by atoms with Crippen LogP contribution in [0.3, 0.4) is 0 Å². The third-order valence-electron chi connectivity index (χ3n) is 4.73. The van der Waals surface area contributed by atoms with Crippen LogP contribution in [-0.2, 0) is 10.0 Å². The third-order valence-corrected chi connectivity index (χ3v) is 7.62. The summed E-state index contributed by atoms with van der Waals surface area (Å²) in [5, 5.41) is 6.41. The zero-order chi connectivity index (χ0) is 19.0. The summed E-state index contributed by atoms with van der Waals surface area (Å²) in [6.45, 7) is 4.01. The number of aryl methyl sites for hydroxylation is 1. The predicted octanol–water partition coefficient (Wildman–Crippen LogP) is 3.34. The molecule has 0 fully saturated rings. The standard InChI is InChI=1S/C19H20N4O2S2/c1-13-19(14(2)23(21-13)17-6-3-4-10-20-17)15-8-9-16(12-15)22-27(24,25)18-7-5-11-26-18/h3-11,15-16,22H,12H2,1-2H3/t15-,16-/m1/s1. The van der Waals surface area contributed by atoms with E-state index in [0.29, 0.717) is 10.6 Å². The van der Waals surface area contributed by atoms with Gasteiger partial charge in [-0.2, -0.15) is 5.10 Å². The van der Waals surface area contributed by atoms with Crippen molar-refractivity contribution in [2.75, 3.05) is 0 Å². The normalized spacial score (nSPS) is 19.6. The summed E-state index contributed by atoms with van der Waals surface area (Å²) in [4.78, 5) is 4.37. The van der Waals surface area contributed by atoms with Crippen LogP contribution in [0.5, 0.6) is 0 Å². The molecule has 27 heavy (non-hydrogen) atoms. The lowest BCUT2D eigenvalue weighted by Gasteiger charge is -2.14. The fourth-order valence-electron chi connectivity index (χ4n) is 3.57. The molecule has 4 rings (SSSR count). The summed E-state index contributed by atoms with van der Waals surface area (Å²) in [5.74, 6) is 0.903. The Hall–Kier alpha value is -2.29. The molecule has 0 radical (unpaired) electrons. The maximum absolute atomic E-state index is 12.5. The van der Waals surface area contributed by atoms with Crippen molar-refractivity contribution in [2.24, 2.45) is 0 Å². The molecule has 1 aliphatic rings. The van der Waals surface area contributed by atoms with Gasteiger partial charge in [-0.15, -0.1) is 11.3 Å². The molecule has 8 heteroatoms.